The molecule has 1 aromatic carbocycles. The molecule has 0 saturated carbocycles. The Kier molecular flexibility index (Phi) is 5.87. The van der Waals surface area contributed by atoms with Crippen LogP contribution in [0.3, 0.4) is 0 Å². The van der Waals surface area contributed by atoms with Crippen molar-refractivity contribution in [2.75, 3.05) is 11.9 Å². The number of carbonyl (C=O) groups excluding carboxylic acids is 3. The van der Waals surface area contributed by atoms with Crippen LogP contribution in [0.4, 0.5) is 19.3 Å². The van der Waals surface area contributed by atoms with Crippen LogP contribution in [-0.2, 0) is 9.59 Å². The van der Waals surface area contributed by atoms with Crippen molar-refractivity contribution >= 4 is 51.9 Å². The van der Waals surface area contributed by atoms with Crippen LogP contribution in [0.15, 0.2) is 46.7 Å². The van der Waals surface area contributed by atoms with Crippen molar-refractivity contribution in [1.82, 2.24) is 4.90 Å². The van der Waals surface area contributed by atoms with E-state index in [0.29, 0.717) is 5.69 Å². The number of hydrogen-bond donors (Lipinski definition) is 1. The molecule has 1 aliphatic heterocycles. The molecule has 1 aromatic heterocycles. The van der Waals surface area contributed by atoms with E-state index in [1.165, 1.54) is 35.6 Å². The first-order valence-electron chi connectivity index (χ1n) is 7.56. The molecule has 1 fully saturated rings. The number of anilines is 1. The fraction of sp³-hybridized carbons (Fsp3) is 0.118. The molecule has 1 N–H and O–H groups in total. The van der Waals surface area contributed by atoms with Crippen LogP contribution in [0, 0.1) is 0 Å². The lowest BCUT2D eigenvalue weighted by molar-refractivity contribution is -0.127. The van der Waals surface area contributed by atoms with Gasteiger partial charge in [-0.15, -0.1) is 11.3 Å². The van der Waals surface area contributed by atoms with Crippen molar-refractivity contribution in [3.05, 3.63) is 51.6 Å². The summed E-state index contributed by atoms with van der Waals surface area (Å²) in [5.41, 5.74) is 0.322. The smallest absolute Gasteiger partial charge is 0.387 e. The first-order valence-corrected chi connectivity index (χ1v) is 9.25. The number of thioether (sulfide) groups is 1. The van der Waals surface area contributed by atoms with E-state index in [9.17, 15) is 23.2 Å². The quantitative estimate of drug-likeness (QED) is 0.728. The summed E-state index contributed by atoms with van der Waals surface area (Å²) in [7, 11) is 0. The molecule has 1 saturated heterocycles. The zero-order chi connectivity index (χ0) is 19.4. The van der Waals surface area contributed by atoms with Gasteiger partial charge in [-0.2, -0.15) is 8.78 Å². The third-order valence-corrected chi connectivity index (χ3v) is 5.08. The lowest BCUT2D eigenvalue weighted by Gasteiger charge is -2.12. The third-order valence-electron chi connectivity index (χ3n) is 3.36. The summed E-state index contributed by atoms with van der Waals surface area (Å²) >= 11 is 2.20. The Balaban J connectivity index is 1.60. The second kappa shape index (κ2) is 8.31. The highest BCUT2D eigenvalue weighted by molar-refractivity contribution is 8.18. The molecular formula is C17H12F2N2O4S2. The van der Waals surface area contributed by atoms with Gasteiger partial charge in [0.1, 0.15) is 12.3 Å². The molecule has 10 heteroatoms. The largest absolute Gasteiger partial charge is 0.435 e. The molecule has 0 spiro atoms. The molecule has 2 aromatic rings. The Bertz CT molecular complexity index is 883. The molecule has 0 unspecified atom stereocenters. The average Bonchev–Trinajstić information content (AvgIpc) is 3.21. The van der Waals surface area contributed by atoms with Gasteiger partial charge in [0.2, 0.25) is 5.91 Å². The highest BCUT2D eigenvalue weighted by Crippen LogP contribution is 2.32. The van der Waals surface area contributed by atoms with Crippen molar-refractivity contribution in [1.29, 1.82) is 0 Å². The number of amides is 3. The Hall–Kier alpha value is -2.72. The number of thiophene rings is 1. The van der Waals surface area contributed by atoms with Crippen molar-refractivity contribution < 1.29 is 27.9 Å². The second-order valence-corrected chi connectivity index (χ2v) is 7.21. The summed E-state index contributed by atoms with van der Waals surface area (Å²) in [5.74, 6) is -1.17. The van der Waals surface area contributed by atoms with Crippen LogP contribution in [0.2, 0.25) is 0 Å². The first-order chi connectivity index (χ1) is 12.9. The normalized spacial score (nSPS) is 15.7. The van der Waals surface area contributed by atoms with Crippen LogP contribution in [0.25, 0.3) is 6.08 Å². The van der Waals surface area contributed by atoms with E-state index in [1.807, 2.05) is 17.5 Å². The minimum absolute atomic E-state index is 0.0485. The minimum Gasteiger partial charge on any atom is -0.435 e. The highest BCUT2D eigenvalue weighted by atomic mass is 32.2. The summed E-state index contributed by atoms with van der Waals surface area (Å²) in [4.78, 5) is 38.4. The summed E-state index contributed by atoms with van der Waals surface area (Å²) in [6, 6.07) is 8.93. The number of carbonyl (C=O) groups is 3. The van der Waals surface area contributed by atoms with E-state index >= 15 is 0 Å². The molecule has 1 aliphatic rings. The predicted octanol–water partition coefficient (Wildman–Crippen LogP) is 4.02. The molecule has 0 aliphatic carbocycles. The summed E-state index contributed by atoms with van der Waals surface area (Å²) in [5, 5.41) is 3.82. The zero-order valence-electron chi connectivity index (χ0n) is 13.6. The molecular weight excluding hydrogens is 398 g/mol. The first kappa shape index (κ1) is 19.1. The van der Waals surface area contributed by atoms with Gasteiger partial charge >= 0.3 is 6.61 Å². The number of benzene rings is 1. The zero-order valence-corrected chi connectivity index (χ0v) is 15.2. The molecule has 3 amide bonds. The number of nitrogens with one attached hydrogen (secondary N) is 1. The minimum atomic E-state index is -2.94. The lowest BCUT2D eigenvalue weighted by atomic mass is 10.3. The van der Waals surface area contributed by atoms with Crippen LogP contribution in [0.5, 0.6) is 5.75 Å². The van der Waals surface area contributed by atoms with Gasteiger partial charge in [-0.05, 0) is 53.5 Å². The van der Waals surface area contributed by atoms with Gasteiger partial charge in [0.15, 0.2) is 0 Å². The van der Waals surface area contributed by atoms with Gasteiger partial charge in [-0.3, -0.25) is 19.3 Å². The van der Waals surface area contributed by atoms with Gasteiger partial charge in [0.25, 0.3) is 11.1 Å². The third kappa shape index (κ3) is 4.92. The molecule has 0 bridgehead atoms. The number of nitrogens with zero attached hydrogens (tertiary/aromatic N) is 1. The standard InChI is InChI=1S/C17H12F2N2O4S2/c18-16(19)25-11-5-3-10(4-6-11)20-14(22)9-21-15(23)13(27-17(21)24)8-12-2-1-7-26-12/h1-8,16H,9H2,(H,20,22)/b13-8+. The van der Waals surface area contributed by atoms with E-state index in [2.05, 4.69) is 10.1 Å². The molecule has 27 heavy (non-hydrogen) atoms. The van der Waals surface area contributed by atoms with Crippen LogP contribution in [0.1, 0.15) is 4.88 Å². The van der Waals surface area contributed by atoms with Crippen molar-refractivity contribution in [3.63, 3.8) is 0 Å². The average molecular weight is 410 g/mol. The SMILES string of the molecule is O=C(CN1C(=O)S/C(=C/c2cccs2)C1=O)Nc1ccc(OC(F)F)cc1. The van der Waals surface area contributed by atoms with E-state index in [1.54, 1.807) is 6.08 Å². The van der Waals surface area contributed by atoms with Crippen molar-refractivity contribution in [2.45, 2.75) is 6.61 Å². The van der Waals surface area contributed by atoms with Gasteiger partial charge in [0, 0.05) is 10.6 Å². The van der Waals surface area contributed by atoms with Gasteiger partial charge in [-0.1, -0.05) is 6.07 Å². The Morgan fingerprint density at radius 2 is 1.96 bits per heavy atom. The number of ether oxygens (including phenoxy) is 1. The lowest BCUT2D eigenvalue weighted by Crippen LogP contribution is -2.36. The number of rotatable bonds is 6. The fourth-order valence-electron chi connectivity index (χ4n) is 2.20. The monoisotopic (exact) mass is 410 g/mol. The van der Waals surface area contributed by atoms with Crippen LogP contribution < -0.4 is 10.1 Å². The van der Waals surface area contributed by atoms with Gasteiger partial charge in [-0.25, -0.2) is 0 Å². The van der Waals surface area contributed by atoms with E-state index in [-0.39, 0.29) is 10.7 Å². The molecule has 140 valence electrons. The van der Waals surface area contributed by atoms with E-state index in [4.69, 9.17) is 0 Å². The van der Waals surface area contributed by atoms with E-state index < -0.39 is 30.2 Å². The van der Waals surface area contributed by atoms with E-state index in [0.717, 1.165) is 21.5 Å². The summed E-state index contributed by atoms with van der Waals surface area (Å²) in [6.45, 7) is -3.38. The Morgan fingerprint density at radius 1 is 1.22 bits per heavy atom. The topological polar surface area (TPSA) is 75.7 Å². The number of hydrogen-bond acceptors (Lipinski definition) is 6. The fourth-order valence-corrected chi connectivity index (χ4v) is 3.76. The molecule has 0 atom stereocenters. The number of alkyl halides is 2. The molecule has 3 rings (SSSR count). The molecule has 2 heterocycles. The maximum absolute atomic E-state index is 12.3. The summed E-state index contributed by atoms with van der Waals surface area (Å²) < 4.78 is 28.4. The van der Waals surface area contributed by atoms with Gasteiger partial charge < -0.3 is 10.1 Å². The molecule has 6 nitrogen and oxygen atoms in total. The maximum atomic E-state index is 12.3. The second-order valence-electron chi connectivity index (χ2n) is 5.23. The number of imide groups is 1. The Labute approximate surface area is 160 Å². The molecule has 0 radical (unpaired) electrons. The van der Waals surface area contributed by atoms with Gasteiger partial charge in [0.05, 0.1) is 4.91 Å². The maximum Gasteiger partial charge on any atom is 0.387 e. The van der Waals surface area contributed by atoms with Crippen molar-refractivity contribution in [3.8, 4) is 5.75 Å². The predicted molar refractivity (Wildman–Crippen MR) is 98.7 cm³/mol. The van der Waals surface area contributed by atoms with Crippen molar-refractivity contribution in [2.24, 2.45) is 0 Å². The summed E-state index contributed by atoms with van der Waals surface area (Å²) in [6.07, 6.45) is 1.61. The van der Waals surface area contributed by atoms with Crippen LogP contribution >= 0.6 is 23.1 Å². The Morgan fingerprint density at radius 3 is 2.59 bits per heavy atom. The van der Waals surface area contributed by atoms with Crippen LogP contribution in [-0.4, -0.2) is 35.1 Å². The highest BCUT2D eigenvalue weighted by Gasteiger charge is 2.36. The number of halogens is 2.